The number of hydrogen-bond donors (Lipinski definition) is 1. The second kappa shape index (κ2) is 5.32. The number of carboxylic acid groups (broad SMARTS) is 1. The fourth-order valence-electron chi connectivity index (χ4n) is 4.91. The zero-order valence-electron chi connectivity index (χ0n) is 12.9. The standard InChI is InChI=1S/C17H29NO2/c1-2-14-6-10-17(11-7-14,15(19)20)18-12-16(13-18)8-4-3-5-9-16/h14H,2-13H2,1H3,(H,19,20). The van der Waals surface area contributed by atoms with Gasteiger partial charge in [-0.05, 0) is 49.9 Å². The van der Waals surface area contributed by atoms with Crippen molar-refractivity contribution in [1.82, 2.24) is 4.90 Å². The fourth-order valence-corrected chi connectivity index (χ4v) is 4.91. The van der Waals surface area contributed by atoms with Crippen molar-refractivity contribution in [3.8, 4) is 0 Å². The molecule has 1 saturated heterocycles. The summed E-state index contributed by atoms with van der Waals surface area (Å²) in [5.41, 5.74) is -0.0311. The molecule has 0 aromatic rings. The summed E-state index contributed by atoms with van der Waals surface area (Å²) >= 11 is 0. The topological polar surface area (TPSA) is 40.5 Å². The Morgan fingerprint density at radius 3 is 2.20 bits per heavy atom. The molecule has 0 radical (unpaired) electrons. The maximum absolute atomic E-state index is 11.9. The van der Waals surface area contributed by atoms with Gasteiger partial charge in [0, 0.05) is 13.1 Å². The number of likely N-dealkylation sites (tertiary alicyclic amines) is 1. The van der Waals surface area contributed by atoms with Gasteiger partial charge in [0.1, 0.15) is 5.54 Å². The highest BCUT2D eigenvalue weighted by Gasteiger charge is 2.55. The molecule has 2 saturated carbocycles. The lowest BCUT2D eigenvalue weighted by Crippen LogP contribution is -2.69. The Balaban J connectivity index is 1.66. The van der Waals surface area contributed by atoms with Crippen LogP contribution in [0.1, 0.15) is 71.1 Å². The van der Waals surface area contributed by atoms with E-state index >= 15 is 0 Å². The van der Waals surface area contributed by atoms with E-state index in [4.69, 9.17) is 0 Å². The molecule has 20 heavy (non-hydrogen) atoms. The Morgan fingerprint density at radius 2 is 1.70 bits per heavy atom. The largest absolute Gasteiger partial charge is 0.480 e. The third-order valence-electron chi connectivity index (χ3n) is 6.48. The quantitative estimate of drug-likeness (QED) is 0.857. The molecule has 2 aliphatic carbocycles. The third kappa shape index (κ3) is 2.28. The summed E-state index contributed by atoms with van der Waals surface area (Å²) in [4.78, 5) is 14.3. The van der Waals surface area contributed by atoms with Crippen molar-refractivity contribution in [2.24, 2.45) is 11.3 Å². The fraction of sp³-hybridized carbons (Fsp3) is 0.941. The van der Waals surface area contributed by atoms with Gasteiger partial charge in [0.2, 0.25) is 0 Å². The lowest BCUT2D eigenvalue weighted by molar-refractivity contribution is -0.171. The smallest absolute Gasteiger partial charge is 0.324 e. The van der Waals surface area contributed by atoms with Crippen molar-refractivity contribution in [3.05, 3.63) is 0 Å². The molecule has 114 valence electrons. The SMILES string of the molecule is CCC1CCC(C(=O)O)(N2CC3(CCCCC3)C2)CC1. The molecule has 0 amide bonds. The van der Waals surface area contributed by atoms with Crippen molar-refractivity contribution in [2.45, 2.75) is 76.7 Å². The average Bonchev–Trinajstić information content (AvgIpc) is 2.45. The second-order valence-electron chi connectivity index (χ2n) is 7.61. The van der Waals surface area contributed by atoms with E-state index in [1.807, 2.05) is 0 Å². The predicted molar refractivity (Wildman–Crippen MR) is 79.7 cm³/mol. The second-order valence-corrected chi connectivity index (χ2v) is 7.61. The van der Waals surface area contributed by atoms with Crippen LogP contribution in [0.25, 0.3) is 0 Å². The molecule has 3 aliphatic rings. The zero-order chi connectivity index (χ0) is 14.2. The molecule has 1 N–H and O–H groups in total. The first-order chi connectivity index (χ1) is 9.60. The molecule has 0 atom stereocenters. The Hall–Kier alpha value is -0.570. The van der Waals surface area contributed by atoms with E-state index in [0.717, 1.165) is 44.7 Å². The highest BCUT2D eigenvalue weighted by molar-refractivity contribution is 5.79. The Morgan fingerprint density at radius 1 is 1.10 bits per heavy atom. The Kier molecular flexibility index (Phi) is 3.83. The molecule has 3 rings (SSSR count). The molecular weight excluding hydrogens is 250 g/mol. The van der Waals surface area contributed by atoms with Gasteiger partial charge < -0.3 is 5.11 Å². The van der Waals surface area contributed by atoms with E-state index in [-0.39, 0.29) is 0 Å². The van der Waals surface area contributed by atoms with Gasteiger partial charge in [-0.25, -0.2) is 0 Å². The van der Waals surface area contributed by atoms with E-state index in [0.29, 0.717) is 5.41 Å². The summed E-state index contributed by atoms with van der Waals surface area (Å²) in [5, 5.41) is 9.83. The minimum Gasteiger partial charge on any atom is -0.480 e. The molecule has 0 aromatic heterocycles. The van der Waals surface area contributed by atoms with Gasteiger partial charge in [-0.3, -0.25) is 9.69 Å². The van der Waals surface area contributed by atoms with Crippen LogP contribution in [-0.4, -0.2) is 34.6 Å². The molecular formula is C17H29NO2. The van der Waals surface area contributed by atoms with Crippen molar-refractivity contribution >= 4 is 5.97 Å². The van der Waals surface area contributed by atoms with E-state index in [2.05, 4.69) is 11.8 Å². The van der Waals surface area contributed by atoms with Gasteiger partial charge in [0.25, 0.3) is 0 Å². The summed E-state index contributed by atoms with van der Waals surface area (Å²) in [6.45, 7) is 4.34. The molecule has 0 aromatic carbocycles. The first-order valence-corrected chi connectivity index (χ1v) is 8.59. The molecule has 3 heteroatoms. The van der Waals surface area contributed by atoms with Crippen molar-refractivity contribution in [2.75, 3.05) is 13.1 Å². The van der Waals surface area contributed by atoms with Crippen molar-refractivity contribution in [3.63, 3.8) is 0 Å². The van der Waals surface area contributed by atoms with E-state index in [9.17, 15) is 9.90 Å². The Bertz CT molecular complexity index is 357. The van der Waals surface area contributed by atoms with Crippen LogP contribution in [0.15, 0.2) is 0 Å². The highest BCUT2D eigenvalue weighted by atomic mass is 16.4. The van der Waals surface area contributed by atoms with Crippen LogP contribution < -0.4 is 0 Å². The van der Waals surface area contributed by atoms with Crippen LogP contribution in [0.2, 0.25) is 0 Å². The van der Waals surface area contributed by atoms with Crippen LogP contribution in [0.5, 0.6) is 0 Å². The van der Waals surface area contributed by atoms with E-state index in [1.165, 1.54) is 38.5 Å². The average molecular weight is 279 g/mol. The van der Waals surface area contributed by atoms with Crippen molar-refractivity contribution < 1.29 is 9.90 Å². The monoisotopic (exact) mass is 279 g/mol. The number of rotatable bonds is 3. The lowest BCUT2D eigenvalue weighted by Gasteiger charge is -2.59. The molecule has 0 unspecified atom stereocenters. The summed E-state index contributed by atoms with van der Waals surface area (Å²) in [6, 6.07) is 0. The summed E-state index contributed by atoms with van der Waals surface area (Å²) in [6.07, 6.45) is 11.9. The van der Waals surface area contributed by atoms with Gasteiger partial charge in [-0.15, -0.1) is 0 Å². The molecule has 0 bridgehead atoms. The summed E-state index contributed by atoms with van der Waals surface area (Å²) < 4.78 is 0. The van der Waals surface area contributed by atoms with Gasteiger partial charge in [-0.1, -0.05) is 32.6 Å². The first-order valence-electron chi connectivity index (χ1n) is 8.59. The van der Waals surface area contributed by atoms with Crippen LogP contribution in [-0.2, 0) is 4.79 Å². The maximum Gasteiger partial charge on any atom is 0.324 e. The van der Waals surface area contributed by atoms with E-state index < -0.39 is 11.5 Å². The van der Waals surface area contributed by atoms with Gasteiger partial charge in [0.05, 0.1) is 0 Å². The number of aliphatic carboxylic acids is 1. The molecule has 1 spiro atoms. The predicted octanol–water partition coefficient (Wildman–Crippen LogP) is 3.68. The maximum atomic E-state index is 11.9. The highest BCUT2D eigenvalue weighted by Crippen LogP contribution is 2.50. The van der Waals surface area contributed by atoms with Crippen LogP contribution in [0.4, 0.5) is 0 Å². The molecule has 3 nitrogen and oxygen atoms in total. The molecule has 1 heterocycles. The number of hydrogen-bond acceptors (Lipinski definition) is 2. The normalized spacial score (nSPS) is 37.5. The van der Waals surface area contributed by atoms with Gasteiger partial charge in [-0.2, -0.15) is 0 Å². The minimum atomic E-state index is -0.558. The Labute approximate surface area is 122 Å². The van der Waals surface area contributed by atoms with E-state index in [1.54, 1.807) is 0 Å². The van der Waals surface area contributed by atoms with Crippen LogP contribution in [0, 0.1) is 11.3 Å². The first kappa shape index (κ1) is 14.4. The molecule has 3 fully saturated rings. The number of carboxylic acids is 1. The number of nitrogens with zero attached hydrogens (tertiary/aromatic N) is 1. The molecule has 1 aliphatic heterocycles. The minimum absolute atomic E-state index is 0.488. The van der Waals surface area contributed by atoms with Crippen molar-refractivity contribution in [1.29, 1.82) is 0 Å². The number of carbonyl (C=O) groups is 1. The summed E-state index contributed by atoms with van der Waals surface area (Å²) in [5.74, 6) is 0.199. The van der Waals surface area contributed by atoms with Gasteiger partial charge in [0.15, 0.2) is 0 Å². The third-order valence-corrected chi connectivity index (χ3v) is 6.48. The van der Waals surface area contributed by atoms with Crippen LogP contribution in [0.3, 0.4) is 0 Å². The lowest BCUT2D eigenvalue weighted by atomic mass is 9.64. The van der Waals surface area contributed by atoms with Crippen LogP contribution >= 0.6 is 0 Å². The summed E-state index contributed by atoms with van der Waals surface area (Å²) in [7, 11) is 0. The van der Waals surface area contributed by atoms with Gasteiger partial charge >= 0.3 is 5.97 Å². The zero-order valence-corrected chi connectivity index (χ0v) is 12.9.